The average Bonchev–Trinajstić information content (AvgIpc) is 2.87. The molecule has 5 heteroatoms. The maximum atomic E-state index is 13.4. The van der Waals surface area contributed by atoms with Crippen LogP contribution in [0.1, 0.15) is 31.2 Å². The van der Waals surface area contributed by atoms with E-state index in [1.54, 1.807) is 0 Å². The molecule has 2 rings (SSSR count). The lowest BCUT2D eigenvalue weighted by atomic mass is 10.00. The van der Waals surface area contributed by atoms with E-state index in [0.29, 0.717) is 12.8 Å². The van der Waals surface area contributed by atoms with E-state index in [1.807, 2.05) is 0 Å². The molecule has 0 spiro atoms. The molecule has 0 aromatic heterocycles. The summed E-state index contributed by atoms with van der Waals surface area (Å²) in [5.41, 5.74) is -1.10. The minimum Gasteiger partial charge on any atom is -0.334 e. The normalized spacial score (nSPS) is 17.1. The van der Waals surface area contributed by atoms with Crippen molar-refractivity contribution in [3.63, 3.8) is 0 Å². The number of hydrogen-bond donors (Lipinski definition) is 1. The Bertz CT molecular complexity index is 564. The van der Waals surface area contributed by atoms with E-state index in [-0.39, 0.29) is 5.56 Å². The number of benzene rings is 1. The van der Waals surface area contributed by atoms with Gasteiger partial charge >= 0.3 is 0 Å². The van der Waals surface area contributed by atoms with Crippen molar-refractivity contribution in [3.05, 3.63) is 41.5 Å². The summed E-state index contributed by atoms with van der Waals surface area (Å²) in [4.78, 5) is 11.8. The van der Waals surface area contributed by atoms with E-state index in [9.17, 15) is 13.6 Å². The van der Waals surface area contributed by atoms with Crippen LogP contribution in [0.3, 0.4) is 0 Å². The van der Waals surface area contributed by atoms with Gasteiger partial charge in [-0.25, -0.2) is 8.78 Å². The van der Waals surface area contributed by atoms with E-state index in [4.69, 9.17) is 5.26 Å². The zero-order chi connectivity index (χ0) is 14.6. The van der Waals surface area contributed by atoms with Crippen LogP contribution in [-0.2, 0) is 4.79 Å². The third-order valence-corrected chi connectivity index (χ3v) is 3.43. The van der Waals surface area contributed by atoms with Crippen molar-refractivity contribution in [1.82, 2.24) is 5.32 Å². The molecule has 104 valence electrons. The van der Waals surface area contributed by atoms with Crippen LogP contribution in [0.4, 0.5) is 8.78 Å². The summed E-state index contributed by atoms with van der Waals surface area (Å²) in [6.07, 6.45) is 5.13. The monoisotopic (exact) mass is 276 g/mol. The number of rotatable bonds is 3. The molecule has 1 fully saturated rings. The first-order valence-electron chi connectivity index (χ1n) is 6.42. The second kappa shape index (κ2) is 5.83. The Labute approximate surface area is 115 Å². The van der Waals surface area contributed by atoms with Crippen molar-refractivity contribution in [2.45, 2.75) is 31.2 Å². The van der Waals surface area contributed by atoms with E-state index in [0.717, 1.165) is 37.1 Å². The Morgan fingerprint density at radius 3 is 2.45 bits per heavy atom. The first kappa shape index (κ1) is 14.2. The smallest absolute Gasteiger partial charge is 0.245 e. The van der Waals surface area contributed by atoms with Crippen LogP contribution in [0.25, 0.3) is 6.08 Å². The summed E-state index contributed by atoms with van der Waals surface area (Å²) in [6, 6.07) is 5.61. The van der Waals surface area contributed by atoms with Gasteiger partial charge in [-0.05, 0) is 43.9 Å². The molecule has 0 bridgehead atoms. The third kappa shape index (κ3) is 3.02. The summed E-state index contributed by atoms with van der Waals surface area (Å²) in [6.45, 7) is 0. The van der Waals surface area contributed by atoms with Gasteiger partial charge in [0.25, 0.3) is 0 Å². The molecular weight excluding hydrogens is 262 g/mol. The second-order valence-corrected chi connectivity index (χ2v) is 4.86. The quantitative estimate of drug-likeness (QED) is 0.863. The van der Waals surface area contributed by atoms with Gasteiger partial charge in [0.1, 0.15) is 17.2 Å². The maximum absolute atomic E-state index is 13.4. The van der Waals surface area contributed by atoms with E-state index in [1.165, 1.54) is 6.07 Å². The van der Waals surface area contributed by atoms with Crippen molar-refractivity contribution in [3.8, 4) is 6.07 Å². The highest BCUT2D eigenvalue weighted by Gasteiger charge is 2.34. The van der Waals surface area contributed by atoms with Crippen LogP contribution >= 0.6 is 0 Å². The van der Waals surface area contributed by atoms with Crippen LogP contribution < -0.4 is 5.32 Å². The molecular formula is C15H14F2N2O. The van der Waals surface area contributed by atoms with Gasteiger partial charge < -0.3 is 5.32 Å². The molecule has 1 N–H and O–H groups in total. The van der Waals surface area contributed by atoms with Gasteiger partial charge in [-0.1, -0.05) is 6.07 Å². The summed E-state index contributed by atoms with van der Waals surface area (Å²) >= 11 is 0. The number of nitrogens with one attached hydrogen (secondary N) is 1. The lowest BCUT2D eigenvalue weighted by molar-refractivity contribution is -0.117. The molecule has 1 aromatic carbocycles. The molecule has 0 atom stereocenters. The number of hydrogen-bond acceptors (Lipinski definition) is 2. The number of halogens is 2. The van der Waals surface area contributed by atoms with Crippen molar-refractivity contribution >= 4 is 12.0 Å². The van der Waals surface area contributed by atoms with Crippen molar-refractivity contribution in [1.29, 1.82) is 5.26 Å². The molecule has 1 saturated carbocycles. The molecule has 0 aliphatic heterocycles. The fourth-order valence-corrected chi connectivity index (χ4v) is 2.35. The van der Waals surface area contributed by atoms with Crippen LogP contribution in [0.2, 0.25) is 0 Å². The van der Waals surface area contributed by atoms with E-state index >= 15 is 0 Å². The van der Waals surface area contributed by atoms with Gasteiger partial charge in [-0.15, -0.1) is 0 Å². The summed E-state index contributed by atoms with van der Waals surface area (Å²) in [5.74, 6) is -1.98. The van der Waals surface area contributed by atoms with Crippen LogP contribution in [-0.4, -0.2) is 11.4 Å². The highest BCUT2D eigenvalue weighted by molar-refractivity contribution is 5.92. The van der Waals surface area contributed by atoms with Gasteiger partial charge in [0.05, 0.1) is 6.07 Å². The highest BCUT2D eigenvalue weighted by Crippen LogP contribution is 2.28. The largest absolute Gasteiger partial charge is 0.334 e. The van der Waals surface area contributed by atoms with Gasteiger partial charge in [0, 0.05) is 11.6 Å². The molecule has 3 nitrogen and oxygen atoms in total. The topological polar surface area (TPSA) is 52.9 Å². The summed E-state index contributed by atoms with van der Waals surface area (Å²) in [5, 5.41) is 11.7. The van der Waals surface area contributed by atoms with Crippen molar-refractivity contribution in [2.24, 2.45) is 0 Å². The zero-order valence-corrected chi connectivity index (χ0v) is 10.8. The summed E-state index contributed by atoms with van der Waals surface area (Å²) < 4.78 is 26.7. The first-order valence-corrected chi connectivity index (χ1v) is 6.42. The Morgan fingerprint density at radius 1 is 1.30 bits per heavy atom. The Hall–Kier alpha value is -2.22. The van der Waals surface area contributed by atoms with Crippen LogP contribution in [0.5, 0.6) is 0 Å². The lowest BCUT2D eigenvalue weighted by Gasteiger charge is -2.20. The van der Waals surface area contributed by atoms with Gasteiger partial charge in [-0.3, -0.25) is 4.79 Å². The molecule has 1 aliphatic carbocycles. The zero-order valence-electron chi connectivity index (χ0n) is 10.8. The molecule has 1 aromatic rings. The molecule has 0 heterocycles. The molecule has 0 saturated heterocycles. The highest BCUT2D eigenvalue weighted by atomic mass is 19.1. The van der Waals surface area contributed by atoms with E-state index in [2.05, 4.69) is 11.4 Å². The number of carbonyl (C=O) groups is 1. The molecule has 1 amide bonds. The van der Waals surface area contributed by atoms with Crippen LogP contribution in [0, 0.1) is 23.0 Å². The number of nitrogens with zero attached hydrogens (tertiary/aromatic N) is 1. The minimum absolute atomic E-state index is 0.264. The molecule has 0 unspecified atom stereocenters. The molecule has 20 heavy (non-hydrogen) atoms. The number of amides is 1. The number of nitriles is 1. The molecule has 1 aliphatic rings. The lowest BCUT2D eigenvalue weighted by Crippen LogP contribution is -2.44. The molecule has 0 radical (unpaired) electrons. The van der Waals surface area contributed by atoms with Crippen molar-refractivity contribution in [2.75, 3.05) is 0 Å². The average molecular weight is 276 g/mol. The van der Waals surface area contributed by atoms with Gasteiger partial charge in [-0.2, -0.15) is 5.26 Å². The van der Waals surface area contributed by atoms with Gasteiger partial charge in [0.2, 0.25) is 5.91 Å². The third-order valence-electron chi connectivity index (χ3n) is 3.43. The fraction of sp³-hybridized carbons (Fsp3) is 0.333. The van der Waals surface area contributed by atoms with E-state index < -0.39 is 23.1 Å². The second-order valence-electron chi connectivity index (χ2n) is 4.86. The summed E-state index contributed by atoms with van der Waals surface area (Å²) in [7, 11) is 0. The Kier molecular flexibility index (Phi) is 4.14. The standard InChI is InChI=1S/C15H14F2N2O/c16-12-4-3-5-13(17)11(12)6-7-14(20)19-15(10-18)8-1-2-9-15/h3-7H,1-2,8-9H2,(H,19,20). The minimum atomic E-state index is -0.838. The van der Waals surface area contributed by atoms with Crippen LogP contribution in [0.15, 0.2) is 24.3 Å². The van der Waals surface area contributed by atoms with Gasteiger partial charge in [0.15, 0.2) is 0 Å². The Morgan fingerprint density at radius 2 is 1.90 bits per heavy atom. The first-order chi connectivity index (χ1) is 9.56. The van der Waals surface area contributed by atoms with Crippen molar-refractivity contribution < 1.29 is 13.6 Å². The predicted octanol–water partition coefficient (Wildman–Crippen LogP) is 2.93. The predicted molar refractivity (Wildman–Crippen MR) is 70.3 cm³/mol. The number of carbonyl (C=O) groups excluding carboxylic acids is 1. The maximum Gasteiger partial charge on any atom is 0.245 e. The SMILES string of the molecule is N#CC1(NC(=O)C=Cc2c(F)cccc2F)CCCC1. The Balaban J connectivity index is 2.08. The fourth-order valence-electron chi connectivity index (χ4n) is 2.35.